The first-order valence-electron chi connectivity index (χ1n) is 7.95. The van der Waals surface area contributed by atoms with E-state index in [1.807, 2.05) is 0 Å². The Morgan fingerprint density at radius 1 is 1.04 bits per heavy atom. The minimum absolute atomic E-state index is 0.0717. The number of rotatable bonds is 7. The van der Waals surface area contributed by atoms with Gasteiger partial charge < -0.3 is 10.4 Å². The van der Waals surface area contributed by atoms with Crippen molar-refractivity contribution in [2.75, 3.05) is 5.32 Å². The van der Waals surface area contributed by atoms with Gasteiger partial charge in [0.25, 0.3) is 5.91 Å². The van der Waals surface area contributed by atoms with Crippen LogP contribution in [0.15, 0.2) is 42.7 Å². The Hall–Kier alpha value is -2.84. The van der Waals surface area contributed by atoms with Gasteiger partial charge in [0.1, 0.15) is 0 Å². The molecule has 0 aliphatic heterocycles. The second-order valence-electron chi connectivity index (χ2n) is 5.66. The van der Waals surface area contributed by atoms with Gasteiger partial charge in [-0.1, -0.05) is 29.3 Å². The van der Waals surface area contributed by atoms with Crippen molar-refractivity contribution in [2.24, 2.45) is 0 Å². The minimum Gasteiger partial charge on any atom is -0.481 e. The lowest BCUT2D eigenvalue weighted by atomic mass is 10.2. The van der Waals surface area contributed by atoms with E-state index >= 15 is 0 Å². The fraction of sp³-hybridized carbons (Fsp3) is 0.176. The molecule has 2 heterocycles. The molecule has 0 saturated heterocycles. The van der Waals surface area contributed by atoms with Crippen molar-refractivity contribution < 1.29 is 14.7 Å². The number of aryl methyl sites for hydroxylation is 1. The molecule has 0 unspecified atom stereocenters. The number of carboxylic acid groups (broad SMARTS) is 1. The van der Waals surface area contributed by atoms with Gasteiger partial charge in [-0.15, -0.1) is 0 Å². The Morgan fingerprint density at radius 3 is 2.44 bits per heavy atom. The van der Waals surface area contributed by atoms with E-state index in [9.17, 15) is 9.59 Å². The van der Waals surface area contributed by atoms with Crippen LogP contribution in [-0.2, 0) is 17.9 Å². The van der Waals surface area contributed by atoms with E-state index in [0.717, 1.165) is 5.56 Å². The van der Waals surface area contributed by atoms with Crippen LogP contribution in [0.4, 0.5) is 5.82 Å². The minimum atomic E-state index is -0.930. The number of aliphatic carboxylic acids is 1. The number of hydrogen-bond donors (Lipinski definition) is 2. The van der Waals surface area contributed by atoms with Gasteiger partial charge in [0, 0.05) is 34.1 Å². The molecular weight excluding hydrogens is 393 g/mol. The highest BCUT2D eigenvalue weighted by molar-refractivity contribution is 6.35. The number of halogens is 2. The topological polar surface area (TPSA) is 102 Å². The van der Waals surface area contributed by atoms with Crippen molar-refractivity contribution in [3.05, 3.63) is 64.0 Å². The quantitative estimate of drug-likeness (QED) is 0.625. The Balaban J connectivity index is 1.63. The molecule has 2 aromatic heterocycles. The number of benzene rings is 1. The molecule has 0 bridgehead atoms. The Bertz CT molecular complexity index is 962. The summed E-state index contributed by atoms with van der Waals surface area (Å²) in [6.45, 7) is 0.550. The monoisotopic (exact) mass is 407 g/mol. The summed E-state index contributed by atoms with van der Waals surface area (Å²) in [6, 6.07) is 8.41. The van der Waals surface area contributed by atoms with E-state index in [1.165, 1.54) is 10.7 Å². The van der Waals surface area contributed by atoms with Crippen molar-refractivity contribution in [3.8, 4) is 0 Å². The second-order valence-corrected chi connectivity index (χ2v) is 6.48. The van der Waals surface area contributed by atoms with Gasteiger partial charge >= 0.3 is 5.97 Å². The Kier molecular flexibility index (Phi) is 5.78. The van der Waals surface area contributed by atoms with Gasteiger partial charge in [0.15, 0.2) is 11.5 Å². The molecule has 8 nitrogen and oxygen atoms in total. The average molecular weight is 408 g/mol. The average Bonchev–Trinajstić information content (AvgIpc) is 3.26. The normalized spacial score (nSPS) is 10.7. The lowest BCUT2D eigenvalue weighted by molar-refractivity contribution is -0.137. The van der Waals surface area contributed by atoms with Crippen LogP contribution in [0.3, 0.4) is 0 Å². The van der Waals surface area contributed by atoms with E-state index in [1.54, 1.807) is 41.3 Å². The summed E-state index contributed by atoms with van der Waals surface area (Å²) < 4.78 is 3.01. The van der Waals surface area contributed by atoms with Crippen LogP contribution in [0.2, 0.25) is 10.0 Å². The molecule has 1 amide bonds. The molecule has 0 atom stereocenters. The summed E-state index contributed by atoms with van der Waals surface area (Å²) in [5.74, 6) is -1.02. The molecule has 27 heavy (non-hydrogen) atoms. The SMILES string of the molecule is O=C(O)CCn1ccc(C(=O)Nc2ccn(Cc3c(Cl)cccc3Cl)n2)n1. The maximum Gasteiger partial charge on any atom is 0.305 e. The van der Waals surface area contributed by atoms with E-state index < -0.39 is 11.9 Å². The van der Waals surface area contributed by atoms with Crippen LogP contribution in [0.25, 0.3) is 0 Å². The lowest BCUT2D eigenvalue weighted by Gasteiger charge is -2.06. The number of carbonyl (C=O) groups excluding carboxylic acids is 1. The molecule has 0 fully saturated rings. The Morgan fingerprint density at radius 2 is 1.74 bits per heavy atom. The molecule has 0 radical (unpaired) electrons. The van der Waals surface area contributed by atoms with Crippen LogP contribution in [-0.4, -0.2) is 36.5 Å². The number of anilines is 1. The third-order valence-electron chi connectivity index (χ3n) is 3.69. The first-order chi connectivity index (χ1) is 12.9. The van der Waals surface area contributed by atoms with Gasteiger partial charge in [-0.3, -0.25) is 19.0 Å². The van der Waals surface area contributed by atoms with Gasteiger partial charge in [0.05, 0.1) is 19.5 Å². The van der Waals surface area contributed by atoms with Crippen LogP contribution in [0, 0.1) is 0 Å². The van der Waals surface area contributed by atoms with E-state index in [4.69, 9.17) is 28.3 Å². The zero-order chi connectivity index (χ0) is 19.4. The van der Waals surface area contributed by atoms with Gasteiger partial charge in [-0.2, -0.15) is 10.2 Å². The fourth-order valence-electron chi connectivity index (χ4n) is 2.36. The summed E-state index contributed by atoms with van der Waals surface area (Å²) in [5.41, 5.74) is 0.906. The summed E-state index contributed by atoms with van der Waals surface area (Å²) >= 11 is 12.3. The van der Waals surface area contributed by atoms with E-state index in [-0.39, 0.29) is 18.7 Å². The molecule has 3 rings (SSSR count). The summed E-state index contributed by atoms with van der Waals surface area (Å²) in [4.78, 5) is 22.8. The zero-order valence-corrected chi connectivity index (χ0v) is 15.5. The third-order valence-corrected chi connectivity index (χ3v) is 4.40. The van der Waals surface area contributed by atoms with Gasteiger partial charge in [0.2, 0.25) is 0 Å². The number of nitrogens with one attached hydrogen (secondary N) is 1. The molecule has 0 aliphatic carbocycles. The smallest absolute Gasteiger partial charge is 0.305 e. The molecule has 1 aromatic carbocycles. The molecule has 140 valence electrons. The van der Waals surface area contributed by atoms with Crippen LogP contribution in [0.1, 0.15) is 22.5 Å². The zero-order valence-electron chi connectivity index (χ0n) is 14.0. The number of hydrogen-bond acceptors (Lipinski definition) is 4. The van der Waals surface area contributed by atoms with Crippen molar-refractivity contribution in [2.45, 2.75) is 19.5 Å². The van der Waals surface area contributed by atoms with Crippen molar-refractivity contribution >= 4 is 40.9 Å². The van der Waals surface area contributed by atoms with Gasteiger partial charge in [-0.05, 0) is 18.2 Å². The molecular formula is C17H15Cl2N5O3. The first kappa shape index (κ1) is 18.9. The van der Waals surface area contributed by atoms with Gasteiger partial charge in [-0.25, -0.2) is 0 Å². The third kappa shape index (κ3) is 4.87. The highest BCUT2D eigenvalue weighted by Crippen LogP contribution is 2.25. The van der Waals surface area contributed by atoms with Crippen LogP contribution in [0.5, 0.6) is 0 Å². The number of carbonyl (C=O) groups is 2. The number of carboxylic acids is 1. The predicted octanol–water partition coefficient (Wildman–Crippen LogP) is 3.16. The van der Waals surface area contributed by atoms with Crippen molar-refractivity contribution in [3.63, 3.8) is 0 Å². The lowest BCUT2D eigenvalue weighted by Crippen LogP contribution is -2.14. The molecule has 3 aromatic rings. The molecule has 0 aliphatic rings. The number of nitrogens with zero attached hydrogens (tertiary/aromatic N) is 4. The fourth-order valence-corrected chi connectivity index (χ4v) is 2.88. The maximum absolute atomic E-state index is 12.2. The summed E-state index contributed by atoms with van der Waals surface area (Å²) in [5, 5.41) is 20.7. The van der Waals surface area contributed by atoms with Crippen molar-refractivity contribution in [1.29, 1.82) is 0 Å². The molecule has 0 spiro atoms. The summed E-state index contributed by atoms with van der Waals surface area (Å²) in [6.07, 6.45) is 3.17. The highest BCUT2D eigenvalue weighted by atomic mass is 35.5. The van der Waals surface area contributed by atoms with E-state index in [0.29, 0.717) is 22.4 Å². The number of amides is 1. The summed E-state index contributed by atoms with van der Waals surface area (Å²) in [7, 11) is 0. The standard InChI is InChI=1S/C17H15Cl2N5O3/c18-12-2-1-3-13(19)11(12)10-24-8-5-15(22-24)20-17(27)14-4-7-23(21-14)9-6-16(25)26/h1-5,7-8H,6,9-10H2,(H,25,26)(H,20,22,27). The van der Waals surface area contributed by atoms with Crippen LogP contribution >= 0.6 is 23.2 Å². The molecule has 2 N–H and O–H groups in total. The largest absolute Gasteiger partial charge is 0.481 e. The predicted molar refractivity (Wildman–Crippen MR) is 100 cm³/mol. The number of aromatic nitrogens is 4. The van der Waals surface area contributed by atoms with Crippen molar-refractivity contribution in [1.82, 2.24) is 19.6 Å². The van der Waals surface area contributed by atoms with E-state index in [2.05, 4.69) is 15.5 Å². The first-order valence-corrected chi connectivity index (χ1v) is 8.71. The maximum atomic E-state index is 12.2. The molecule has 0 saturated carbocycles. The second kappa shape index (κ2) is 8.24. The van der Waals surface area contributed by atoms with Crippen LogP contribution < -0.4 is 5.32 Å². The Labute approximate surface area is 164 Å². The molecule has 10 heteroatoms. The highest BCUT2D eigenvalue weighted by Gasteiger charge is 2.13.